The van der Waals surface area contributed by atoms with E-state index < -0.39 is 4.92 Å². The van der Waals surface area contributed by atoms with Gasteiger partial charge >= 0.3 is 0 Å². The number of nitrogens with zero attached hydrogens (tertiary/aromatic N) is 2. The molecule has 8 nitrogen and oxygen atoms in total. The molecule has 4 rings (SSSR count). The summed E-state index contributed by atoms with van der Waals surface area (Å²) in [7, 11) is 0. The number of nitro benzene ring substituents is 1. The number of nitrogens with one attached hydrogen (secondary N) is 2. The number of amides is 1. The molecule has 1 saturated heterocycles. The van der Waals surface area contributed by atoms with Crippen molar-refractivity contribution in [3.8, 4) is 0 Å². The van der Waals surface area contributed by atoms with Crippen LogP contribution in [0.25, 0.3) is 0 Å². The fourth-order valence-electron chi connectivity index (χ4n) is 3.70. The van der Waals surface area contributed by atoms with Gasteiger partial charge in [0.1, 0.15) is 5.69 Å². The van der Waals surface area contributed by atoms with E-state index in [1.165, 1.54) is 6.07 Å². The van der Waals surface area contributed by atoms with E-state index in [1.54, 1.807) is 12.1 Å². The Bertz CT molecular complexity index is 895. The van der Waals surface area contributed by atoms with Gasteiger partial charge < -0.3 is 15.4 Å². The van der Waals surface area contributed by atoms with Gasteiger partial charge in [-0.05, 0) is 30.5 Å². The lowest BCUT2D eigenvalue weighted by molar-refractivity contribution is -0.384. The predicted octanol–water partition coefficient (Wildman–Crippen LogP) is 2.97. The predicted molar refractivity (Wildman–Crippen MR) is 114 cm³/mol. The molecular formula is C22H26N4O4. The van der Waals surface area contributed by atoms with Crippen molar-refractivity contribution in [3.63, 3.8) is 0 Å². The highest BCUT2D eigenvalue weighted by atomic mass is 16.6. The highest BCUT2D eigenvalue weighted by Crippen LogP contribution is 2.29. The van der Waals surface area contributed by atoms with Gasteiger partial charge in [0, 0.05) is 37.3 Å². The maximum Gasteiger partial charge on any atom is 0.293 e. The van der Waals surface area contributed by atoms with Gasteiger partial charge in [-0.15, -0.1) is 0 Å². The summed E-state index contributed by atoms with van der Waals surface area (Å²) in [5.41, 5.74) is 1.78. The van der Waals surface area contributed by atoms with Gasteiger partial charge in [0.25, 0.3) is 11.6 Å². The number of morpholine rings is 1. The van der Waals surface area contributed by atoms with Crippen LogP contribution in [0.15, 0.2) is 48.5 Å². The second kappa shape index (κ2) is 9.23. The van der Waals surface area contributed by atoms with Crippen LogP contribution in [-0.2, 0) is 4.74 Å². The number of ether oxygens (including phenoxy) is 1. The molecule has 2 aliphatic rings. The first-order chi connectivity index (χ1) is 14.6. The lowest BCUT2D eigenvalue weighted by Gasteiger charge is -2.35. The van der Waals surface area contributed by atoms with Crippen molar-refractivity contribution in [2.75, 3.05) is 38.2 Å². The molecule has 1 atom stereocenters. The largest absolute Gasteiger partial charge is 0.379 e. The summed E-state index contributed by atoms with van der Waals surface area (Å²) in [6.07, 6.45) is 1.94. The van der Waals surface area contributed by atoms with Gasteiger partial charge in [-0.2, -0.15) is 0 Å². The zero-order valence-electron chi connectivity index (χ0n) is 16.8. The molecule has 0 aromatic heterocycles. The van der Waals surface area contributed by atoms with Crippen LogP contribution in [0.2, 0.25) is 0 Å². The van der Waals surface area contributed by atoms with Crippen LogP contribution in [0, 0.1) is 10.1 Å². The smallest absolute Gasteiger partial charge is 0.293 e. The van der Waals surface area contributed by atoms with E-state index in [9.17, 15) is 14.9 Å². The summed E-state index contributed by atoms with van der Waals surface area (Å²) in [4.78, 5) is 25.8. The molecule has 1 aliphatic carbocycles. The summed E-state index contributed by atoms with van der Waals surface area (Å²) in [6.45, 7) is 3.48. The van der Waals surface area contributed by atoms with E-state index in [1.807, 2.05) is 18.2 Å². The monoisotopic (exact) mass is 410 g/mol. The van der Waals surface area contributed by atoms with E-state index in [0.717, 1.165) is 31.5 Å². The van der Waals surface area contributed by atoms with E-state index in [4.69, 9.17) is 4.74 Å². The van der Waals surface area contributed by atoms with E-state index in [-0.39, 0.29) is 23.7 Å². The van der Waals surface area contributed by atoms with Crippen molar-refractivity contribution in [1.29, 1.82) is 0 Å². The molecule has 30 heavy (non-hydrogen) atoms. The van der Waals surface area contributed by atoms with Gasteiger partial charge in [0.2, 0.25) is 0 Å². The Labute approximate surface area is 175 Å². The molecule has 2 N–H and O–H groups in total. The van der Waals surface area contributed by atoms with Crippen molar-refractivity contribution in [3.05, 3.63) is 69.8 Å². The first kappa shape index (κ1) is 20.3. The summed E-state index contributed by atoms with van der Waals surface area (Å²) in [5.74, 6) is -0.261. The number of nitro groups is 1. The van der Waals surface area contributed by atoms with Crippen LogP contribution in [0.1, 0.15) is 34.8 Å². The fraction of sp³-hybridized carbons (Fsp3) is 0.409. The molecule has 1 heterocycles. The Morgan fingerprint density at radius 2 is 1.90 bits per heavy atom. The standard InChI is InChI=1S/C22H26N4O4/c27-22(24-18-7-8-18)17-6-9-19(20(14-17)26(28)29)23-15-21(16-4-2-1-3-5-16)25-10-12-30-13-11-25/h1-6,9,14,18,21,23H,7-8,10-13,15H2,(H,24,27). The SMILES string of the molecule is O=C(NC1CC1)c1ccc(NCC(c2ccccc2)N2CCOCC2)c([N+](=O)[O-])c1. The third-order valence-electron chi connectivity index (χ3n) is 5.53. The maximum atomic E-state index is 12.3. The topological polar surface area (TPSA) is 96.7 Å². The zero-order valence-corrected chi connectivity index (χ0v) is 16.8. The molecule has 158 valence electrons. The Balaban J connectivity index is 1.52. The second-order valence-corrected chi connectivity index (χ2v) is 7.69. The molecule has 1 amide bonds. The second-order valence-electron chi connectivity index (χ2n) is 7.69. The first-order valence-electron chi connectivity index (χ1n) is 10.3. The number of rotatable bonds is 8. The Morgan fingerprint density at radius 3 is 2.57 bits per heavy atom. The van der Waals surface area contributed by atoms with Crippen LogP contribution in [0.3, 0.4) is 0 Å². The molecule has 2 aromatic rings. The molecular weight excluding hydrogens is 384 g/mol. The van der Waals surface area contributed by atoms with Gasteiger partial charge in [-0.3, -0.25) is 19.8 Å². The van der Waals surface area contributed by atoms with E-state index >= 15 is 0 Å². The number of hydrogen-bond donors (Lipinski definition) is 2. The minimum atomic E-state index is -0.442. The van der Waals surface area contributed by atoms with Crippen LogP contribution in [0.5, 0.6) is 0 Å². The number of carbonyl (C=O) groups is 1. The van der Waals surface area contributed by atoms with Crippen molar-refractivity contribution in [1.82, 2.24) is 10.2 Å². The first-order valence-corrected chi connectivity index (χ1v) is 10.3. The molecule has 0 spiro atoms. The minimum Gasteiger partial charge on any atom is -0.379 e. The molecule has 8 heteroatoms. The molecule has 1 aliphatic heterocycles. The summed E-state index contributed by atoms with van der Waals surface area (Å²) >= 11 is 0. The lowest BCUT2D eigenvalue weighted by Crippen LogP contribution is -2.41. The van der Waals surface area contributed by atoms with Crippen LogP contribution < -0.4 is 10.6 Å². The van der Waals surface area contributed by atoms with Crippen LogP contribution in [0.4, 0.5) is 11.4 Å². The molecule has 2 fully saturated rings. The third kappa shape index (κ3) is 4.95. The van der Waals surface area contributed by atoms with Gasteiger partial charge in [0.05, 0.1) is 24.2 Å². The van der Waals surface area contributed by atoms with Crippen molar-refractivity contribution in [2.45, 2.75) is 24.9 Å². The number of carbonyl (C=O) groups excluding carboxylic acids is 1. The summed E-state index contributed by atoms with van der Waals surface area (Å²) < 4.78 is 5.48. The third-order valence-corrected chi connectivity index (χ3v) is 5.53. The fourth-order valence-corrected chi connectivity index (χ4v) is 3.70. The maximum absolute atomic E-state index is 12.3. The zero-order chi connectivity index (χ0) is 20.9. The van der Waals surface area contributed by atoms with E-state index in [0.29, 0.717) is 31.0 Å². The quantitative estimate of drug-likeness (QED) is 0.513. The lowest BCUT2D eigenvalue weighted by atomic mass is 10.0. The van der Waals surface area contributed by atoms with Crippen molar-refractivity contribution in [2.24, 2.45) is 0 Å². The molecule has 1 unspecified atom stereocenters. The Morgan fingerprint density at radius 1 is 1.17 bits per heavy atom. The summed E-state index contributed by atoms with van der Waals surface area (Å²) in [5, 5.41) is 17.8. The molecule has 1 saturated carbocycles. The highest BCUT2D eigenvalue weighted by molar-refractivity contribution is 5.96. The van der Waals surface area contributed by atoms with Crippen molar-refractivity contribution < 1.29 is 14.5 Å². The molecule has 0 radical (unpaired) electrons. The van der Waals surface area contributed by atoms with Crippen molar-refractivity contribution >= 4 is 17.3 Å². The van der Waals surface area contributed by atoms with Gasteiger partial charge in [-0.1, -0.05) is 30.3 Å². The van der Waals surface area contributed by atoms with Crippen LogP contribution >= 0.6 is 0 Å². The number of hydrogen-bond acceptors (Lipinski definition) is 6. The average Bonchev–Trinajstić information content (AvgIpc) is 3.59. The summed E-state index contributed by atoms with van der Waals surface area (Å²) in [6, 6.07) is 15.0. The van der Waals surface area contributed by atoms with E-state index in [2.05, 4.69) is 27.7 Å². The normalized spacial score (nSPS) is 17.9. The minimum absolute atomic E-state index is 0.0625. The highest BCUT2D eigenvalue weighted by Gasteiger charge is 2.26. The molecule has 2 aromatic carbocycles. The Kier molecular flexibility index (Phi) is 6.25. The van der Waals surface area contributed by atoms with Gasteiger partial charge in [-0.25, -0.2) is 0 Å². The number of benzene rings is 2. The Hall–Kier alpha value is -2.97. The van der Waals surface area contributed by atoms with Gasteiger partial charge in [0.15, 0.2) is 0 Å². The van der Waals surface area contributed by atoms with Crippen LogP contribution in [-0.4, -0.2) is 54.6 Å². The molecule has 0 bridgehead atoms. The number of anilines is 1. The average molecular weight is 410 g/mol.